The van der Waals surface area contributed by atoms with Gasteiger partial charge in [0, 0.05) is 56.2 Å². The fourth-order valence-corrected chi connectivity index (χ4v) is 6.54. The van der Waals surface area contributed by atoms with Crippen molar-refractivity contribution in [1.29, 1.82) is 0 Å². The minimum absolute atomic E-state index is 0.0709. The van der Waals surface area contributed by atoms with Gasteiger partial charge in [0.2, 0.25) is 11.8 Å². The second-order valence-corrected chi connectivity index (χ2v) is 11.7. The van der Waals surface area contributed by atoms with E-state index in [1.54, 1.807) is 28.4 Å². The van der Waals surface area contributed by atoms with Crippen molar-refractivity contribution in [3.05, 3.63) is 62.3 Å². The second kappa shape index (κ2) is 13.3. The number of non-ortho nitro benzene ring substituents is 1. The van der Waals surface area contributed by atoms with Crippen LogP contribution in [0.15, 0.2) is 41.8 Å². The van der Waals surface area contributed by atoms with Crippen LogP contribution in [-0.4, -0.2) is 58.3 Å². The lowest BCUT2D eigenvalue weighted by atomic mass is 9.82. The Balaban J connectivity index is 1.45. The normalized spacial score (nSPS) is 23.8. The van der Waals surface area contributed by atoms with E-state index in [-0.39, 0.29) is 23.5 Å². The number of nitrogens with zero attached hydrogens (tertiary/aromatic N) is 3. The number of likely N-dealkylation sites (tertiary alicyclic amines) is 1. The van der Waals surface area contributed by atoms with Gasteiger partial charge in [0.25, 0.3) is 5.69 Å². The minimum Gasteiger partial charge on any atom is -0.354 e. The number of hydrogen-bond acceptors (Lipinski definition) is 7. The predicted octanol–water partition coefficient (Wildman–Crippen LogP) is 3.92. The monoisotopic (exact) mass is 541 g/mol. The molecule has 3 N–H and O–H groups in total. The van der Waals surface area contributed by atoms with E-state index in [1.807, 2.05) is 6.07 Å². The average molecular weight is 542 g/mol. The van der Waals surface area contributed by atoms with E-state index >= 15 is 0 Å². The molecule has 2 heterocycles. The van der Waals surface area contributed by atoms with Crippen molar-refractivity contribution in [2.75, 3.05) is 19.6 Å². The Morgan fingerprint density at radius 3 is 2.42 bits per heavy atom. The Kier molecular flexibility index (Phi) is 9.87. The topological polar surface area (TPSA) is 122 Å². The summed E-state index contributed by atoms with van der Waals surface area (Å²) < 4.78 is 0. The van der Waals surface area contributed by atoms with Crippen LogP contribution >= 0.6 is 11.3 Å². The maximum atomic E-state index is 13.4. The van der Waals surface area contributed by atoms with Gasteiger partial charge in [0.05, 0.1) is 4.92 Å². The highest BCUT2D eigenvalue weighted by molar-refractivity contribution is 7.09. The number of nitrogens with one attached hydrogen (secondary N) is 1. The lowest BCUT2D eigenvalue weighted by Gasteiger charge is -2.42. The number of carbonyl (C=O) groups is 2. The first-order valence-corrected chi connectivity index (χ1v) is 14.5. The van der Waals surface area contributed by atoms with Gasteiger partial charge in [-0.3, -0.25) is 24.6 Å². The van der Waals surface area contributed by atoms with Gasteiger partial charge in [-0.1, -0.05) is 18.2 Å². The standard InChI is InChI=1S/C28H39N5O4S/c1-20(34)32-13-12-25(15-27(32)28(35)30-17-22-6-4-21(16-29)5-7-22)31(19-26-3-2-14-38-26)18-23-8-10-24(11-9-23)33(36)37/h2-3,8-11,14,21-22,25,27H,4-7,12-13,15-19,29H2,1H3,(H,30,35)/t21?,22?,25?,27-/m1/s1. The summed E-state index contributed by atoms with van der Waals surface area (Å²) in [6.07, 6.45) is 5.71. The molecular weight excluding hydrogens is 502 g/mol. The average Bonchev–Trinajstić information content (AvgIpc) is 3.44. The molecule has 2 aliphatic rings. The lowest BCUT2D eigenvalue weighted by molar-refractivity contribution is -0.384. The molecule has 0 bridgehead atoms. The number of benzene rings is 1. The molecule has 1 aliphatic carbocycles. The first kappa shape index (κ1) is 28.2. The molecule has 0 spiro atoms. The maximum absolute atomic E-state index is 13.4. The summed E-state index contributed by atoms with van der Waals surface area (Å²) >= 11 is 1.69. The molecule has 1 aromatic heterocycles. The van der Waals surface area contributed by atoms with Crippen molar-refractivity contribution < 1.29 is 14.5 Å². The highest BCUT2D eigenvalue weighted by Gasteiger charge is 2.37. The highest BCUT2D eigenvalue weighted by Crippen LogP contribution is 2.29. The Labute approximate surface area is 228 Å². The molecule has 2 atom stereocenters. The number of amides is 2. The lowest BCUT2D eigenvalue weighted by Crippen LogP contribution is -2.57. The van der Waals surface area contributed by atoms with Crippen LogP contribution in [0.25, 0.3) is 0 Å². The number of carbonyl (C=O) groups excluding carboxylic acids is 2. The molecule has 38 heavy (non-hydrogen) atoms. The summed E-state index contributed by atoms with van der Waals surface area (Å²) in [6, 6.07) is 10.4. The van der Waals surface area contributed by atoms with Crippen molar-refractivity contribution in [3.8, 4) is 0 Å². The van der Waals surface area contributed by atoms with E-state index in [1.165, 1.54) is 23.9 Å². The molecule has 9 nitrogen and oxygen atoms in total. The van der Waals surface area contributed by atoms with Crippen LogP contribution in [0, 0.1) is 22.0 Å². The molecule has 1 aliphatic heterocycles. The van der Waals surface area contributed by atoms with Crippen molar-refractivity contribution in [2.24, 2.45) is 17.6 Å². The Morgan fingerprint density at radius 1 is 1.11 bits per heavy atom. The minimum atomic E-state index is -0.505. The van der Waals surface area contributed by atoms with Crippen LogP contribution in [0.5, 0.6) is 0 Å². The molecule has 1 unspecified atom stereocenters. The number of nitro groups is 1. The number of rotatable bonds is 10. The molecule has 1 saturated heterocycles. The number of thiophene rings is 1. The van der Waals surface area contributed by atoms with Crippen LogP contribution in [0.1, 0.15) is 55.9 Å². The van der Waals surface area contributed by atoms with Gasteiger partial charge in [-0.05, 0) is 73.9 Å². The SMILES string of the molecule is CC(=O)N1CCC(N(Cc2ccc([N+](=O)[O-])cc2)Cc2cccs2)C[C@@H]1C(=O)NCC1CCC(CN)CC1. The van der Waals surface area contributed by atoms with Crippen LogP contribution < -0.4 is 11.1 Å². The number of nitro benzene ring substituents is 1. The van der Waals surface area contributed by atoms with Gasteiger partial charge < -0.3 is 16.0 Å². The van der Waals surface area contributed by atoms with Gasteiger partial charge in [-0.2, -0.15) is 0 Å². The molecular formula is C28H39N5O4S. The zero-order valence-electron chi connectivity index (χ0n) is 22.1. The third-order valence-corrected chi connectivity index (χ3v) is 9.00. The summed E-state index contributed by atoms with van der Waals surface area (Å²) in [5.41, 5.74) is 6.87. The Hall–Kier alpha value is -2.82. The zero-order valence-corrected chi connectivity index (χ0v) is 22.9. The molecule has 2 amide bonds. The van der Waals surface area contributed by atoms with Crippen molar-refractivity contribution in [2.45, 2.75) is 70.6 Å². The van der Waals surface area contributed by atoms with E-state index in [0.29, 0.717) is 37.9 Å². The van der Waals surface area contributed by atoms with E-state index in [0.717, 1.165) is 50.8 Å². The molecule has 1 saturated carbocycles. The molecule has 1 aromatic carbocycles. The summed E-state index contributed by atoms with van der Waals surface area (Å²) in [5, 5.41) is 16.3. The molecule has 206 valence electrons. The van der Waals surface area contributed by atoms with Gasteiger partial charge >= 0.3 is 0 Å². The fourth-order valence-electron chi connectivity index (χ4n) is 5.81. The number of nitrogens with two attached hydrogens (primary N) is 1. The van der Waals surface area contributed by atoms with Crippen LogP contribution in [-0.2, 0) is 22.7 Å². The number of piperidine rings is 1. The maximum Gasteiger partial charge on any atom is 0.269 e. The third-order valence-electron chi connectivity index (χ3n) is 8.13. The summed E-state index contributed by atoms with van der Waals surface area (Å²) in [6.45, 7) is 4.77. The smallest absolute Gasteiger partial charge is 0.269 e. The third kappa shape index (κ3) is 7.39. The number of hydrogen-bond donors (Lipinski definition) is 2. The summed E-state index contributed by atoms with van der Waals surface area (Å²) in [5.74, 6) is 0.910. The van der Waals surface area contributed by atoms with Crippen LogP contribution in [0.2, 0.25) is 0 Å². The summed E-state index contributed by atoms with van der Waals surface area (Å²) in [4.78, 5) is 41.9. The van der Waals surface area contributed by atoms with Gasteiger partial charge in [0.1, 0.15) is 6.04 Å². The molecule has 2 fully saturated rings. The summed E-state index contributed by atoms with van der Waals surface area (Å²) in [7, 11) is 0. The molecule has 0 radical (unpaired) electrons. The van der Waals surface area contributed by atoms with Crippen LogP contribution in [0.3, 0.4) is 0 Å². The van der Waals surface area contributed by atoms with E-state index in [9.17, 15) is 19.7 Å². The van der Waals surface area contributed by atoms with Crippen LogP contribution in [0.4, 0.5) is 5.69 Å². The van der Waals surface area contributed by atoms with Gasteiger partial charge in [0.15, 0.2) is 0 Å². The van der Waals surface area contributed by atoms with Crippen molar-refractivity contribution in [1.82, 2.24) is 15.1 Å². The van der Waals surface area contributed by atoms with E-state index in [2.05, 4.69) is 21.7 Å². The molecule has 2 aromatic rings. The van der Waals surface area contributed by atoms with Gasteiger partial charge in [-0.25, -0.2) is 0 Å². The largest absolute Gasteiger partial charge is 0.354 e. The Morgan fingerprint density at radius 2 is 1.82 bits per heavy atom. The van der Waals surface area contributed by atoms with Crippen molar-refractivity contribution >= 4 is 28.8 Å². The first-order valence-electron chi connectivity index (χ1n) is 13.6. The first-order chi connectivity index (χ1) is 18.3. The van der Waals surface area contributed by atoms with E-state index in [4.69, 9.17) is 5.73 Å². The quantitative estimate of drug-likeness (QED) is 0.347. The van der Waals surface area contributed by atoms with E-state index < -0.39 is 11.0 Å². The zero-order chi connectivity index (χ0) is 27.1. The van der Waals surface area contributed by atoms with Crippen molar-refractivity contribution in [3.63, 3.8) is 0 Å². The fraction of sp³-hybridized carbons (Fsp3) is 0.571. The Bertz CT molecular complexity index is 1070. The predicted molar refractivity (Wildman–Crippen MR) is 148 cm³/mol. The highest BCUT2D eigenvalue weighted by atomic mass is 32.1. The molecule has 4 rings (SSSR count). The van der Waals surface area contributed by atoms with Gasteiger partial charge in [-0.15, -0.1) is 11.3 Å². The molecule has 10 heteroatoms. The second-order valence-electron chi connectivity index (χ2n) is 10.7.